The number of likely N-dealkylation sites (tertiary alicyclic amines) is 1. The molecule has 18 heteroatoms. The smallest absolute Gasteiger partial charge is 0.319 e. The number of carbonyl (C=O) groups is 5. The van der Waals surface area contributed by atoms with Crippen molar-refractivity contribution in [3.05, 3.63) is 0 Å². The second kappa shape index (κ2) is 34.9. The number of carbonyl (C=O) groups excluding carboxylic acids is 5. The van der Waals surface area contributed by atoms with Gasteiger partial charge in [-0.3, -0.25) is 24.2 Å². The molecule has 18 nitrogen and oxygen atoms in total. The number of rotatable bonds is 10. The minimum absolute atomic E-state index is 0.0301. The molecule has 0 spiro atoms. The first-order valence-electron chi connectivity index (χ1n) is 24.5. The van der Waals surface area contributed by atoms with Crippen molar-refractivity contribution in [3.8, 4) is 0 Å². The van der Waals surface area contributed by atoms with Crippen molar-refractivity contribution in [1.82, 2.24) is 41.3 Å². The number of hydrogen-bond acceptors (Lipinski definition) is 11. The Balaban J connectivity index is 0.000000391. The number of hydrogen-bond donors (Lipinski definition) is 5. The fraction of sp³-hybridized carbons (Fsp3) is 0.894. The summed E-state index contributed by atoms with van der Waals surface area (Å²) in [5, 5.41) is 14.2. The van der Waals surface area contributed by atoms with Crippen molar-refractivity contribution in [2.24, 2.45) is 11.8 Å². The third kappa shape index (κ3) is 29.9. The predicted molar refractivity (Wildman–Crippen MR) is 254 cm³/mol. The topological polar surface area (TPSA) is 201 Å². The van der Waals surface area contributed by atoms with E-state index >= 15 is 0 Å². The predicted octanol–water partition coefficient (Wildman–Crippen LogP) is 4.50. The fourth-order valence-electron chi connectivity index (χ4n) is 6.96. The van der Waals surface area contributed by atoms with Crippen molar-refractivity contribution in [2.45, 2.75) is 170 Å². The third-order valence-corrected chi connectivity index (χ3v) is 10.4. The van der Waals surface area contributed by atoms with Crippen LogP contribution in [-0.4, -0.2) is 179 Å². The number of amides is 7. The van der Waals surface area contributed by atoms with Crippen molar-refractivity contribution in [2.75, 3.05) is 92.3 Å². The molecule has 7 amide bonds. The largest absolute Gasteiger partial charge is 0.381 e. The van der Waals surface area contributed by atoms with Gasteiger partial charge in [0, 0.05) is 102 Å². The summed E-state index contributed by atoms with van der Waals surface area (Å²) in [4.78, 5) is 62.1. The van der Waals surface area contributed by atoms with Crippen LogP contribution in [0, 0.1) is 11.8 Å². The summed E-state index contributed by atoms with van der Waals surface area (Å²) in [5.74, 6) is 0.872. The zero-order chi connectivity index (χ0) is 48.7. The number of nitrogens with one attached hydrogen (secondary N) is 5. The molecule has 6 heterocycles. The highest BCUT2D eigenvalue weighted by Crippen LogP contribution is 2.16. The maximum absolute atomic E-state index is 11.3. The number of morpholine rings is 1. The fourth-order valence-corrected chi connectivity index (χ4v) is 6.96. The number of nitrogens with zero attached hydrogens (tertiary/aromatic N) is 3. The molecule has 65 heavy (non-hydrogen) atoms. The zero-order valence-corrected chi connectivity index (χ0v) is 42.5. The summed E-state index contributed by atoms with van der Waals surface area (Å²) in [6, 6.07) is 1.91. The van der Waals surface area contributed by atoms with E-state index < -0.39 is 0 Å². The first-order valence-corrected chi connectivity index (χ1v) is 24.5. The average molecular weight is 929 g/mol. The maximum atomic E-state index is 11.3. The Hall–Kier alpha value is -3.29. The van der Waals surface area contributed by atoms with Crippen LogP contribution in [0.25, 0.3) is 0 Å². The van der Waals surface area contributed by atoms with Gasteiger partial charge in [-0.1, -0.05) is 0 Å². The summed E-state index contributed by atoms with van der Waals surface area (Å²) in [6.45, 7) is 35.4. The minimum atomic E-state index is -0.183. The Morgan fingerprint density at radius 3 is 1.45 bits per heavy atom. The monoisotopic (exact) mass is 929 g/mol. The second-order valence-corrected chi connectivity index (χ2v) is 19.0. The van der Waals surface area contributed by atoms with Gasteiger partial charge in [0.15, 0.2) is 0 Å². The van der Waals surface area contributed by atoms with Crippen molar-refractivity contribution < 1.29 is 47.7 Å². The SMILES string of the molecule is CC(C)N1CCOCC1.CC(C)NC(=O)C1CCCO1.CC(C)NC(=O)C1CCOC1.CC(C)NC(=O)CC1CCOC1.CC(C)NC(=O)N1CCCC1.CC(C)NC(=O)N1CCOC1. The molecular formula is C47H92N8O10. The molecule has 0 aromatic heterocycles. The Kier molecular flexibility index (Phi) is 32.1. The van der Waals surface area contributed by atoms with E-state index in [1.165, 1.54) is 0 Å². The van der Waals surface area contributed by atoms with Gasteiger partial charge < -0.3 is 55.2 Å². The quantitative estimate of drug-likeness (QED) is 0.207. The van der Waals surface area contributed by atoms with Crippen molar-refractivity contribution >= 4 is 29.8 Å². The lowest BCUT2D eigenvalue weighted by Crippen LogP contribution is -2.41. The Morgan fingerprint density at radius 2 is 1.02 bits per heavy atom. The molecule has 0 bridgehead atoms. The molecule has 380 valence electrons. The summed E-state index contributed by atoms with van der Waals surface area (Å²) in [5.41, 5.74) is 0. The van der Waals surface area contributed by atoms with E-state index in [1.54, 1.807) is 4.90 Å². The van der Waals surface area contributed by atoms with Crippen LogP contribution >= 0.6 is 0 Å². The van der Waals surface area contributed by atoms with Gasteiger partial charge in [0.1, 0.15) is 12.8 Å². The van der Waals surface area contributed by atoms with Gasteiger partial charge in [0.05, 0.1) is 32.3 Å². The van der Waals surface area contributed by atoms with Crippen LogP contribution in [0.15, 0.2) is 0 Å². The molecular weight excluding hydrogens is 837 g/mol. The molecule has 6 aliphatic rings. The standard InChI is InChI=1S/C9H17NO2.C8H16N2O.2C8H15NO2.C7H14N2O2.C7H15NO/c1-7(2)10-9(11)5-8-3-4-12-6-8;1-7(2)9-8(11)10-5-3-4-6-10;1-6(2)9-8(10)7-3-4-11-5-7;1-6(2)9-8(10)7-4-3-5-11-7;1-6(2)8-7(10)9-3-4-11-5-9;1-7(2)8-3-5-9-6-4-8/h7-8H,3-6H2,1-2H3,(H,10,11);7H,3-6H2,1-2H3,(H,9,11);2*6-7H,3-5H2,1-2H3,(H,9,10);6H,3-5H2,1-2H3,(H,8,10);7H,3-6H2,1-2H3. The van der Waals surface area contributed by atoms with Crippen LogP contribution in [0.3, 0.4) is 0 Å². The molecule has 5 N–H and O–H groups in total. The lowest BCUT2D eigenvalue weighted by atomic mass is 10.0. The summed E-state index contributed by atoms with van der Waals surface area (Å²) in [6.07, 6.45) is 6.55. The highest BCUT2D eigenvalue weighted by molar-refractivity contribution is 5.81. The van der Waals surface area contributed by atoms with Gasteiger partial charge in [-0.15, -0.1) is 0 Å². The average Bonchev–Trinajstić information content (AvgIpc) is 4.09. The van der Waals surface area contributed by atoms with Gasteiger partial charge in [0.25, 0.3) is 0 Å². The molecule has 3 unspecified atom stereocenters. The Morgan fingerprint density at radius 1 is 0.492 bits per heavy atom. The number of ether oxygens (including phenoxy) is 5. The first-order chi connectivity index (χ1) is 30.8. The molecule has 6 rings (SSSR count). The van der Waals surface area contributed by atoms with Crippen LogP contribution in [0.4, 0.5) is 9.59 Å². The third-order valence-electron chi connectivity index (χ3n) is 10.4. The normalized spacial score (nSPS) is 21.5. The van der Waals surface area contributed by atoms with Gasteiger partial charge in [-0.05, 0) is 128 Å². The van der Waals surface area contributed by atoms with Crippen LogP contribution in [-0.2, 0) is 38.1 Å². The molecule has 0 aromatic rings. The van der Waals surface area contributed by atoms with E-state index in [-0.39, 0.29) is 72.0 Å². The van der Waals surface area contributed by atoms with Crippen LogP contribution < -0.4 is 26.6 Å². The highest BCUT2D eigenvalue weighted by atomic mass is 16.5. The van der Waals surface area contributed by atoms with E-state index in [0.29, 0.717) is 44.9 Å². The summed E-state index contributed by atoms with van der Waals surface area (Å²) in [7, 11) is 0. The van der Waals surface area contributed by atoms with Crippen LogP contribution in [0.5, 0.6) is 0 Å². The summed E-state index contributed by atoms with van der Waals surface area (Å²) >= 11 is 0. The molecule has 6 saturated heterocycles. The van der Waals surface area contributed by atoms with Gasteiger partial charge in [-0.2, -0.15) is 0 Å². The van der Waals surface area contributed by atoms with Gasteiger partial charge in [-0.25, -0.2) is 9.59 Å². The molecule has 0 radical (unpaired) electrons. The minimum Gasteiger partial charge on any atom is -0.381 e. The maximum Gasteiger partial charge on any atom is 0.319 e. The lowest BCUT2D eigenvalue weighted by Gasteiger charge is -2.29. The first kappa shape index (κ1) is 59.7. The van der Waals surface area contributed by atoms with Gasteiger partial charge in [0.2, 0.25) is 17.7 Å². The highest BCUT2D eigenvalue weighted by Gasteiger charge is 2.25. The Labute approximate surface area is 392 Å². The molecule has 0 saturated carbocycles. The zero-order valence-electron chi connectivity index (χ0n) is 42.5. The van der Waals surface area contributed by atoms with E-state index in [0.717, 1.165) is 104 Å². The Bertz CT molecular complexity index is 1150. The molecule has 3 atom stereocenters. The molecule has 0 aliphatic carbocycles. The van der Waals surface area contributed by atoms with Crippen LogP contribution in [0.2, 0.25) is 0 Å². The second-order valence-electron chi connectivity index (χ2n) is 19.0. The van der Waals surface area contributed by atoms with Crippen LogP contribution in [0.1, 0.15) is 128 Å². The van der Waals surface area contributed by atoms with E-state index in [2.05, 4.69) is 45.3 Å². The van der Waals surface area contributed by atoms with Gasteiger partial charge >= 0.3 is 12.1 Å². The lowest BCUT2D eigenvalue weighted by molar-refractivity contribution is -0.130. The van der Waals surface area contributed by atoms with Crippen molar-refractivity contribution in [3.63, 3.8) is 0 Å². The summed E-state index contributed by atoms with van der Waals surface area (Å²) < 4.78 is 25.7. The van der Waals surface area contributed by atoms with Crippen molar-refractivity contribution in [1.29, 1.82) is 0 Å². The molecule has 6 aliphatic heterocycles. The molecule has 0 aromatic carbocycles. The van der Waals surface area contributed by atoms with E-state index in [9.17, 15) is 24.0 Å². The van der Waals surface area contributed by atoms with E-state index in [1.807, 2.05) is 74.1 Å². The van der Waals surface area contributed by atoms with E-state index in [4.69, 9.17) is 23.7 Å². The molecule has 6 fully saturated rings. The number of urea groups is 2.